The topological polar surface area (TPSA) is 66.4 Å². The monoisotopic (exact) mass is 267 g/mol. The van der Waals surface area contributed by atoms with Gasteiger partial charge in [0.25, 0.3) is 0 Å². The van der Waals surface area contributed by atoms with Crippen molar-refractivity contribution in [3.63, 3.8) is 0 Å². The summed E-state index contributed by atoms with van der Waals surface area (Å²) in [5, 5.41) is 12.2. The summed E-state index contributed by atoms with van der Waals surface area (Å²) in [6, 6.07) is 0.210. The van der Waals surface area contributed by atoms with Gasteiger partial charge in [-0.15, -0.1) is 0 Å². The van der Waals surface area contributed by atoms with E-state index in [0.717, 1.165) is 19.3 Å². The Morgan fingerprint density at radius 3 is 2.26 bits per heavy atom. The van der Waals surface area contributed by atoms with E-state index in [-0.39, 0.29) is 23.3 Å². The minimum absolute atomic E-state index is 0.0694. The summed E-state index contributed by atoms with van der Waals surface area (Å²) in [7, 11) is 0. The molecule has 3 unspecified atom stereocenters. The first-order chi connectivity index (χ1) is 8.65. The molecule has 2 fully saturated rings. The Morgan fingerprint density at radius 2 is 1.79 bits per heavy atom. The molecule has 0 aromatic carbocycles. The molecular formula is C15H25NO3. The van der Waals surface area contributed by atoms with Crippen LogP contribution in [0, 0.1) is 22.7 Å². The van der Waals surface area contributed by atoms with Crippen molar-refractivity contribution in [2.75, 3.05) is 0 Å². The number of nitrogens with one attached hydrogen (secondary N) is 1. The maximum atomic E-state index is 12.2. The molecule has 1 amide bonds. The summed E-state index contributed by atoms with van der Waals surface area (Å²) >= 11 is 0. The Kier molecular flexibility index (Phi) is 3.40. The second-order valence-electron chi connectivity index (χ2n) is 7.58. The molecule has 0 aromatic rings. The lowest BCUT2D eigenvalue weighted by atomic mass is 9.75. The van der Waals surface area contributed by atoms with Crippen LogP contribution in [0.25, 0.3) is 0 Å². The molecule has 3 atom stereocenters. The van der Waals surface area contributed by atoms with Gasteiger partial charge in [0.15, 0.2) is 0 Å². The van der Waals surface area contributed by atoms with Crippen molar-refractivity contribution in [2.45, 2.75) is 59.4 Å². The number of amides is 1. The Bertz CT molecular complexity index is 400. The Labute approximate surface area is 115 Å². The zero-order valence-electron chi connectivity index (χ0n) is 12.3. The Balaban J connectivity index is 1.94. The van der Waals surface area contributed by atoms with Crippen LogP contribution in [-0.4, -0.2) is 23.0 Å². The van der Waals surface area contributed by atoms with E-state index in [1.165, 1.54) is 6.42 Å². The van der Waals surface area contributed by atoms with Gasteiger partial charge < -0.3 is 10.4 Å². The second-order valence-corrected chi connectivity index (χ2v) is 7.58. The maximum Gasteiger partial charge on any atom is 0.307 e. The molecule has 2 N–H and O–H groups in total. The van der Waals surface area contributed by atoms with E-state index >= 15 is 0 Å². The zero-order chi connectivity index (χ0) is 14.4. The summed E-state index contributed by atoms with van der Waals surface area (Å²) in [5.41, 5.74) is -0.123. The summed E-state index contributed by atoms with van der Waals surface area (Å²) in [5.74, 6) is -1.81. The molecule has 2 saturated carbocycles. The second kappa shape index (κ2) is 4.50. The molecule has 0 bridgehead atoms. The van der Waals surface area contributed by atoms with Gasteiger partial charge in [0.2, 0.25) is 5.91 Å². The molecule has 2 aliphatic carbocycles. The van der Waals surface area contributed by atoms with E-state index in [9.17, 15) is 9.59 Å². The molecule has 4 nitrogen and oxygen atoms in total. The third kappa shape index (κ3) is 2.77. The van der Waals surface area contributed by atoms with E-state index in [1.807, 2.05) is 13.8 Å². The quantitative estimate of drug-likeness (QED) is 0.825. The van der Waals surface area contributed by atoms with Crippen molar-refractivity contribution in [3.8, 4) is 0 Å². The molecule has 19 heavy (non-hydrogen) atoms. The molecule has 108 valence electrons. The number of hydrogen-bond donors (Lipinski definition) is 2. The fourth-order valence-corrected chi connectivity index (χ4v) is 3.70. The van der Waals surface area contributed by atoms with Crippen molar-refractivity contribution < 1.29 is 14.7 Å². The molecule has 0 aliphatic heterocycles. The molecule has 4 heteroatoms. The van der Waals surface area contributed by atoms with Crippen LogP contribution in [0.15, 0.2) is 0 Å². The highest BCUT2D eigenvalue weighted by Gasteiger charge is 2.66. The fraction of sp³-hybridized carbons (Fsp3) is 0.867. The molecule has 0 heterocycles. The van der Waals surface area contributed by atoms with Crippen LogP contribution in [0.2, 0.25) is 0 Å². The van der Waals surface area contributed by atoms with Crippen LogP contribution >= 0.6 is 0 Å². The first-order valence-electron chi connectivity index (χ1n) is 7.18. The molecule has 0 saturated heterocycles. The van der Waals surface area contributed by atoms with Gasteiger partial charge in [-0.05, 0) is 30.1 Å². The lowest BCUT2D eigenvalue weighted by molar-refractivity contribution is -0.140. The van der Waals surface area contributed by atoms with Crippen LogP contribution in [0.1, 0.15) is 53.4 Å². The standard InChI is InChI=1S/C15H25NO3/c1-14(2)7-5-6-9(8-14)16-12(17)10-11(13(18)19)15(10,3)4/h9-11H,5-8H2,1-4H3,(H,16,17)(H,18,19). The van der Waals surface area contributed by atoms with Crippen LogP contribution in [0.3, 0.4) is 0 Å². The van der Waals surface area contributed by atoms with Crippen molar-refractivity contribution >= 4 is 11.9 Å². The lowest BCUT2D eigenvalue weighted by Crippen LogP contribution is -2.42. The summed E-state index contributed by atoms with van der Waals surface area (Å²) in [4.78, 5) is 23.3. The van der Waals surface area contributed by atoms with Crippen molar-refractivity contribution in [3.05, 3.63) is 0 Å². The number of carbonyl (C=O) groups excluding carboxylic acids is 1. The first-order valence-corrected chi connectivity index (χ1v) is 7.18. The lowest BCUT2D eigenvalue weighted by Gasteiger charge is -2.35. The molecule has 0 radical (unpaired) electrons. The maximum absolute atomic E-state index is 12.2. The first kappa shape index (κ1) is 14.4. The summed E-state index contributed by atoms with van der Waals surface area (Å²) in [6.45, 7) is 8.18. The van der Waals surface area contributed by atoms with E-state index in [0.29, 0.717) is 0 Å². The van der Waals surface area contributed by atoms with Crippen LogP contribution in [0.5, 0.6) is 0 Å². The molecular weight excluding hydrogens is 242 g/mol. The third-order valence-electron chi connectivity index (χ3n) is 4.93. The van der Waals surface area contributed by atoms with Crippen molar-refractivity contribution in [2.24, 2.45) is 22.7 Å². The number of carbonyl (C=O) groups is 2. The van der Waals surface area contributed by atoms with E-state index in [4.69, 9.17) is 5.11 Å². The van der Waals surface area contributed by atoms with Gasteiger partial charge in [-0.1, -0.05) is 34.1 Å². The minimum atomic E-state index is -0.853. The highest BCUT2D eigenvalue weighted by atomic mass is 16.4. The van der Waals surface area contributed by atoms with Crippen molar-refractivity contribution in [1.29, 1.82) is 0 Å². The number of carboxylic acids is 1. The van der Waals surface area contributed by atoms with Gasteiger partial charge in [0.05, 0.1) is 11.8 Å². The third-order valence-corrected chi connectivity index (χ3v) is 4.93. The average molecular weight is 267 g/mol. The summed E-state index contributed by atoms with van der Waals surface area (Å²) < 4.78 is 0. The predicted molar refractivity (Wildman–Crippen MR) is 72.6 cm³/mol. The van der Waals surface area contributed by atoms with Gasteiger partial charge in [0, 0.05) is 6.04 Å². The largest absolute Gasteiger partial charge is 0.481 e. The van der Waals surface area contributed by atoms with Crippen LogP contribution < -0.4 is 5.32 Å². The highest BCUT2D eigenvalue weighted by Crippen LogP contribution is 2.58. The Morgan fingerprint density at radius 1 is 1.16 bits per heavy atom. The van der Waals surface area contributed by atoms with E-state index in [2.05, 4.69) is 19.2 Å². The van der Waals surface area contributed by atoms with Gasteiger partial charge >= 0.3 is 5.97 Å². The van der Waals surface area contributed by atoms with Gasteiger partial charge in [-0.3, -0.25) is 9.59 Å². The SMILES string of the molecule is CC1(C)CCCC(NC(=O)C2C(C(=O)O)C2(C)C)C1. The summed E-state index contributed by atoms with van der Waals surface area (Å²) in [6.07, 6.45) is 4.34. The Hall–Kier alpha value is -1.06. The zero-order valence-corrected chi connectivity index (χ0v) is 12.3. The molecule has 0 spiro atoms. The van der Waals surface area contributed by atoms with Gasteiger partial charge in [0.1, 0.15) is 0 Å². The fourth-order valence-electron chi connectivity index (χ4n) is 3.70. The number of aliphatic carboxylic acids is 1. The number of carboxylic acid groups (broad SMARTS) is 1. The van der Waals surface area contributed by atoms with E-state index in [1.54, 1.807) is 0 Å². The minimum Gasteiger partial charge on any atom is -0.481 e. The number of rotatable bonds is 3. The van der Waals surface area contributed by atoms with E-state index < -0.39 is 17.3 Å². The van der Waals surface area contributed by atoms with Crippen molar-refractivity contribution in [1.82, 2.24) is 5.32 Å². The van der Waals surface area contributed by atoms with Gasteiger partial charge in [-0.2, -0.15) is 0 Å². The molecule has 2 aliphatic rings. The van der Waals surface area contributed by atoms with Crippen LogP contribution in [0.4, 0.5) is 0 Å². The van der Waals surface area contributed by atoms with Gasteiger partial charge in [-0.25, -0.2) is 0 Å². The molecule has 2 rings (SSSR count). The average Bonchev–Trinajstić information content (AvgIpc) is 2.80. The molecule has 0 aromatic heterocycles. The normalized spacial score (nSPS) is 35.5. The number of hydrogen-bond acceptors (Lipinski definition) is 2. The highest BCUT2D eigenvalue weighted by molar-refractivity contribution is 5.91. The van der Waals surface area contributed by atoms with Crippen LogP contribution in [-0.2, 0) is 9.59 Å². The predicted octanol–water partition coefficient (Wildman–Crippen LogP) is 2.43. The smallest absolute Gasteiger partial charge is 0.307 e.